The molecule has 1 atom stereocenters. The molecule has 7 nitrogen and oxygen atoms in total. The molecule has 0 radical (unpaired) electrons. The quantitative estimate of drug-likeness (QED) is 0.375. The van der Waals surface area contributed by atoms with Crippen LogP contribution >= 0.6 is 0 Å². The second-order valence-electron chi connectivity index (χ2n) is 11.5. The van der Waals surface area contributed by atoms with Crippen LogP contribution in [0.1, 0.15) is 55.5 Å². The summed E-state index contributed by atoms with van der Waals surface area (Å²) in [5.74, 6) is -0.788. The molecule has 3 aromatic rings. The number of amides is 2. The third kappa shape index (κ3) is 7.50. The molecule has 0 aromatic heterocycles. The lowest BCUT2D eigenvalue weighted by Crippen LogP contribution is -2.54. The Balaban J connectivity index is 2.08. The molecule has 0 heterocycles. The van der Waals surface area contributed by atoms with Crippen molar-refractivity contribution in [1.82, 2.24) is 10.2 Å². The summed E-state index contributed by atoms with van der Waals surface area (Å²) in [7, 11) is -4.11. The van der Waals surface area contributed by atoms with Crippen LogP contribution in [-0.2, 0) is 26.2 Å². The van der Waals surface area contributed by atoms with Crippen molar-refractivity contribution in [2.75, 3.05) is 10.8 Å². The number of nitrogens with zero attached hydrogens (tertiary/aromatic N) is 2. The maximum Gasteiger partial charge on any atom is 0.264 e. The Morgan fingerprint density at radius 1 is 0.850 bits per heavy atom. The second kappa shape index (κ2) is 12.3. The fraction of sp³-hybridized carbons (Fsp3) is 0.375. The summed E-state index contributed by atoms with van der Waals surface area (Å²) in [6.45, 7) is 14.6. The summed E-state index contributed by atoms with van der Waals surface area (Å²) < 4.78 is 29.2. The summed E-state index contributed by atoms with van der Waals surface area (Å²) >= 11 is 0. The van der Waals surface area contributed by atoms with Gasteiger partial charge in [-0.15, -0.1) is 0 Å². The average molecular weight is 564 g/mol. The van der Waals surface area contributed by atoms with Gasteiger partial charge in [-0.2, -0.15) is 0 Å². The number of carbonyl (C=O) groups excluding carboxylic acids is 2. The van der Waals surface area contributed by atoms with E-state index in [9.17, 15) is 18.0 Å². The highest BCUT2D eigenvalue weighted by Gasteiger charge is 2.34. The first-order chi connectivity index (χ1) is 18.6. The van der Waals surface area contributed by atoms with Gasteiger partial charge in [-0.1, -0.05) is 59.7 Å². The smallest absolute Gasteiger partial charge is 0.264 e. The molecule has 214 valence electrons. The minimum absolute atomic E-state index is 0.0925. The van der Waals surface area contributed by atoms with Crippen molar-refractivity contribution < 1.29 is 18.0 Å². The zero-order chi connectivity index (χ0) is 29.8. The van der Waals surface area contributed by atoms with Crippen molar-refractivity contribution in [2.45, 2.75) is 78.4 Å². The van der Waals surface area contributed by atoms with E-state index in [1.807, 2.05) is 84.9 Å². The van der Waals surface area contributed by atoms with E-state index >= 15 is 0 Å². The van der Waals surface area contributed by atoms with Gasteiger partial charge in [0.15, 0.2) is 0 Å². The molecule has 2 amide bonds. The number of hydrogen-bond acceptors (Lipinski definition) is 4. The zero-order valence-corrected chi connectivity index (χ0v) is 25.6. The highest BCUT2D eigenvalue weighted by molar-refractivity contribution is 7.92. The van der Waals surface area contributed by atoms with Crippen molar-refractivity contribution >= 4 is 27.5 Å². The maximum atomic E-state index is 14.1. The summed E-state index contributed by atoms with van der Waals surface area (Å²) in [6.07, 6.45) is 0. The number of aryl methyl sites for hydroxylation is 4. The topological polar surface area (TPSA) is 86.8 Å². The molecule has 0 aliphatic rings. The largest absolute Gasteiger partial charge is 0.350 e. The average Bonchev–Trinajstić information content (AvgIpc) is 2.86. The van der Waals surface area contributed by atoms with Gasteiger partial charge < -0.3 is 10.2 Å². The van der Waals surface area contributed by atoms with Crippen molar-refractivity contribution in [2.24, 2.45) is 0 Å². The van der Waals surface area contributed by atoms with Crippen molar-refractivity contribution in [3.05, 3.63) is 94.5 Å². The van der Waals surface area contributed by atoms with Crippen LogP contribution in [0.2, 0.25) is 0 Å². The molecule has 0 saturated heterocycles. The molecule has 1 unspecified atom stereocenters. The van der Waals surface area contributed by atoms with E-state index in [1.165, 1.54) is 4.90 Å². The number of rotatable bonds is 9. The lowest BCUT2D eigenvalue weighted by Gasteiger charge is -2.34. The molecule has 0 spiro atoms. The number of hydrogen-bond donors (Lipinski definition) is 1. The van der Waals surface area contributed by atoms with Crippen LogP contribution in [0.25, 0.3) is 0 Å². The van der Waals surface area contributed by atoms with Gasteiger partial charge in [0, 0.05) is 12.1 Å². The molecular formula is C32H41N3O4S. The maximum absolute atomic E-state index is 14.1. The molecule has 3 rings (SSSR count). The Morgan fingerprint density at radius 3 is 2.02 bits per heavy atom. The number of carbonyl (C=O) groups is 2. The van der Waals surface area contributed by atoms with Gasteiger partial charge in [-0.25, -0.2) is 8.42 Å². The van der Waals surface area contributed by atoms with Gasteiger partial charge >= 0.3 is 0 Å². The first-order valence-corrected chi connectivity index (χ1v) is 14.9. The number of benzene rings is 3. The van der Waals surface area contributed by atoms with E-state index in [1.54, 1.807) is 37.3 Å². The molecule has 0 aliphatic carbocycles. The number of anilines is 1. The van der Waals surface area contributed by atoms with Crippen LogP contribution in [0.5, 0.6) is 0 Å². The predicted octanol–water partition coefficient (Wildman–Crippen LogP) is 5.45. The molecule has 0 bridgehead atoms. The highest BCUT2D eigenvalue weighted by atomic mass is 32.2. The standard InChI is InChI=1S/C32H41N3O4S/c1-22-13-16-28(17-14-22)40(38,39)35(29-18-15-23(2)19-25(29)4)21-30(36)34(20-27-12-10-9-11-24(27)3)26(5)31(37)33-32(6,7)8/h9-19,26H,20-21H2,1-8H3,(H,33,37). The molecular weight excluding hydrogens is 522 g/mol. The summed E-state index contributed by atoms with van der Waals surface area (Å²) in [6, 6.07) is 18.8. The van der Waals surface area contributed by atoms with Crippen molar-refractivity contribution in [3.8, 4) is 0 Å². The Hall–Kier alpha value is -3.65. The van der Waals surface area contributed by atoms with E-state index in [0.717, 1.165) is 32.1 Å². The molecule has 1 N–H and O–H groups in total. The monoisotopic (exact) mass is 563 g/mol. The Kier molecular flexibility index (Phi) is 9.46. The zero-order valence-electron chi connectivity index (χ0n) is 24.8. The third-order valence-electron chi connectivity index (χ3n) is 6.78. The fourth-order valence-corrected chi connectivity index (χ4v) is 5.94. The molecule has 3 aromatic carbocycles. The van der Waals surface area contributed by atoms with Crippen LogP contribution in [0.15, 0.2) is 71.6 Å². The molecule has 0 aliphatic heterocycles. The van der Waals surface area contributed by atoms with E-state index in [4.69, 9.17) is 0 Å². The first kappa shape index (κ1) is 30.9. The number of nitrogens with one attached hydrogen (secondary N) is 1. The van der Waals surface area contributed by atoms with Crippen LogP contribution in [0, 0.1) is 27.7 Å². The van der Waals surface area contributed by atoms with Crippen molar-refractivity contribution in [1.29, 1.82) is 0 Å². The Morgan fingerprint density at radius 2 is 1.45 bits per heavy atom. The third-order valence-corrected chi connectivity index (χ3v) is 8.55. The lowest BCUT2D eigenvalue weighted by molar-refractivity contribution is -0.140. The van der Waals surface area contributed by atoms with Gasteiger partial charge in [0.05, 0.1) is 10.6 Å². The van der Waals surface area contributed by atoms with E-state index < -0.39 is 34.1 Å². The van der Waals surface area contributed by atoms with Crippen LogP contribution in [0.4, 0.5) is 5.69 Å². The second-order valence-corrected chi connectivity index (χ2v) is 13.3. The van der Waals surface area contributed by atoms with Gasteiger partial charge in [-0.05, 0) is 90.3 Å². The predicted molar refractivity (Wildman–Crippen MR) is 161 cm³/mol. The number of sulfonamides is 1. The van der Waals surface area contributed by atoms with Crippen LogP contribution < -0.4 is 9.62 Å². The first-order valence-electron chi connectivity index (χ1n) is 13.4. The van der Waals surface area contributed by atoms with Gasteiger partial charge in [0.2, 0.25) is 11.8 Å². The minimum Gasteiger partial charge on any atom is -0.350 e. The highest BCUT2D eigenvalue weighted by Crippen LogP contribution is 2.28. The molecule has 40 heavy (non-hydrogen) atoms. The van der Waals surface area contributed by atoms with E-state index in [-0.39, 0.29) is 17.3 Å². The SMILES string of the molecule is Cc1ccc(S(=O)(=O)N(CC(=O)N(Cc2ccccc2C)C(C)C(=O)NC(C)(C)C)c2ccc(C)cc2C)cc1. The Labute approximate surface area is 239 Å². The van der Waals surface area contributed by atoms with E-state index in [0.29, 0.717) is 5.69 Å². The van der Waals surface area contributed by atoms with Crippen LogP contribution in [-0.4, -0.2) is 43.3 Å². The minimum atomic E-state index is -4.11. The molecule has 0 saturated carbocycles. The van der Waals surface area contributed by atoms with Gasteiger partial charge in [0.25, 0.3) is 10.0 Å². The fourth-order valence-electron chi connectivity index (χ4n) is 4.46. The molecule has 0 fully saturated rings. The van der Waals surface area contributed by atoms with Gasteiger partial charge in [-0.3, -0.25) is 13.9 Å². The van der Waals surface area contributed by atoms with Crippen molar-refractivity contribution in [3.63, 3.8) is 0 Å². The normalized spacial score (nSPS) is 12.5. The van der Waals surface area contributed by atoms with Gasteiger partial charge in [0.1, 0.15) is 12.6 Å². The summed E-state index contributed by atoms with van der Waals surface area (Å²) in [4.78, 5) is 28.9. The lowest BCUT2D eigenvalue weighted by atomic mass is 10.1. The summed E-state index contributed by atoms with van der Waals surface area (Å²) in [5, 5.41) is 2.95. The Bertz CT molecular complexity index is 1470. The van der Waals surface area contributed by atoms with E-state index in [2.05, 4.69) is 5.32 Å². The van der Waals surface area contributed by atoms with Crippen LogP contribution in [0.3, 0.4) is 0 Å². The summed E-state index contributed by atoms with van der Waals surface area (Å²) in [5.41, 5.74) is 4.41. The molecule has 8 heteroatoms.